The van der Waals surface area contributed by atoms with Gasteiger partial charge in [0.25, 0.3) is 0 Å². The van der Waals surface area contributed by atoms with Gasteiger partial charge >= 0.3 is 0 Å². The molecular formula is C14H7F5O2. The van der Waals surface area contributed by atoms with Crippen LogP contribution in [-0.4, -0.2) is 12.9 Å². The number of para-hydroxylation sites is 1. The molecule has 0 amide bonds. The zero-order valence-corrected chi connectivity index (χ0v) is 10.5. The van der Waals surface area contributed by atoms with Crippen molar-refractivity contribution in [2.24, 2.45) is 0 Å². The molecule has 110 valence electrons. The molecule has 0 N–H and O–H groups in total. The number of hydrogen-bond donors (Lipinski definition) is 0. The van der Waals surface area contributed by atoms with Crippen LogP contribution < -0.4 is 4.74 Å². The van der Waals surface area contributed by atoms with E-state index in [9.17, 15) is 26.7 Å². The molecule has 0 fully saturated rings. The van der Waals surface area contributed by atoms with Crippen LogP contribution in [0.1, 0.15) is 15.9 Å². The molecule has 0 atom stereocenters. The van der Waals surface area contributed by atoms with Gasteiger partial charge in [-0.15, -0.1) is 0 Å². The molecule has 2 rings (SSSR count). The second-order valence-corrected chi connectivity index (χ2v) is 3.97. The van der Waals surface area contributed by atoms with E-state index in [0.29, 0.717) is 0 Å². The van der Waals surface area contributed by atoms with Gasteiger partial charge in [-0.1, -0.05) is 12.1 Å². The lowest BCUT2D eigenvalue weighted by molar-refractivity contribution is 0.102. The molecule has 0 bridgehead atoms. The average Bonchev–Trinajstić information content (AvgIpc) is 2.51. The molecule has 0 aliphatic carbocycles. The minimum atomic E-state index is -2.32. The Labute approximate surface area is 115 Å². The first-order valence-electron chi connectivity index (χ1n) is 5.59. The van der Waals surface area contributed by atoms with Crippen LogP contribution in [0.3, 0.4) is 0 Å². The highest BCUT2D eigenvalue weighted by Gasteiger charge is 2.31. The number of halogens is 5. The smallest absolute Gasteiger partial charge is 0.202 e. The van der Waals surface area contributed by atoms with Gasteiger partial charge in [0.2, 0.25) is 11.6 Å². The van der Waals surface area contributed by atoms with Crippen LogP contribution >= 0.6 is 0 Å². The fourth-order valence-electron chi connectivity index (χ4n) is 1.77. The van der Waals surface area contributed by atoms with E-state index in [2.05, 4.69) is 0 Å². The molecule has 7 heteroatoms. The Morgan fingerprint density at radius 2 is 1.33 bits per heavy atom. The molecule has 21 heavy (non-hydrogen) atoms. The van der Waals surface area contributed by atoms with Crippen LogP contribution in [0.15, 0.2) is 24.3 Å². The Kier molecular flexibility index (Phi) is 3.93. The molecule has 0 saturated heterocycles. The van der Waals surface area contributed by atoms with Gasteiger partial charge in [-0.25, -0.2) is 22.0 Å². The van der Waals surface area contributed by atoms with Gasteiger partial charge in [0, 0.05) is 0 Å². The largest absolute Gasteiger partial charge is 0.496 e. The van der Waals surface area contributed by atoms with Crippen LogP contribution in [0.5, 0.6) is 5.75 Å². The molecule has 0 aliphatic heterocycles. The first kappa shape index (κ1) is 15.0. The Bertz CT molecular complexity index is 699. The maximum Gasteiger partial charge on any atom is 0.202 e. The molecule has 0 aliphatic rings. The molecule has 0 radical (unpaired) electrons. The number of hydrogen-bond acceptors (Lipinski definition) is 2. The van der Waals surface area contributed by atoms with Crippen molar-refractivity contribution >= 4 is 5.78 Å². The molecule has 0 saturated carbocycles. The van der Waals surface area contributed by atoms with Crippen LogP contribution in [0.25, 0.3) is 0 Å². The van der Waals surface area contributed by atoms with Crippen molar-refractivity contribution in [3.05, 3.63) is 64.5 Å². The summed E-state index contributed by atoms with van der Waals surface area (Å²) in [4.78, 5) is 12.1. The lowest BCUT2D eigenvalue weighted by Gasteiger charge is -2.10. The summed E-state index contributed by atoms with van der Waals surface area (Å²) in [6.07, 6.45) is 0. The van der Waals surface area contributed by atoms with Crippen molar-refractivity contribution in [1.82, 2.24) is 0 Å². The van der Waals surface area contributed by atoms with Gasteiger partial charge in [0.15, 0.2) is 23.3 Å². The van der Waals surface area contributed by atoms with Gasteiger partial charge in [-0.05, 0) is 12.1 Å². The normalized spacial score (nSPS) is 10.6. The summed E-state index contributed by atoms with van der Waals surface area (Å²) in [6, 6.07) is 5.31. The average molecular weight is 302 g/mol. The van der Waals surface area contributed by atoms with E-state index in [4.69, 9.17) is 4.74 Å². The summed E-state index contributed by atoms with van der Waals surface area (Å²) in [7, 11) is 1.20. The summed E-state index contributed by atoms with van der Waals surface area (Å²) in [5.41, 5.74) is -1.83. The summed E-state index contributed by atoms with van der Waals surface area (Å²) in [5.74, 6) is -12.4. The van der Waals surface area contributed by atoms with E-state index in [1.54, 1.807) is 0 Å². The molecule has 0 aromatic heterocycles. The van der Waals surface area contributed by atoms with Gasteiger partial charge < -0.3 is 4.74 Å². The van der Waals surface area contributed by atoms with Gasteiger partial charge in [0.05, 0.1) is 12.7 Å². The topological polar surface area (TPSA) is 26.3 Å². The van der Waals surface area contributed by atoms with Crippen molar-refractivity contribution in [2.45, 2.75) is 0 Å². The first-order chi connectivity index (χ1) is 9.90. The number of methoxy groups -OCH3 is 1. The van der Waals surface area contributed by atoms with E-state index in [1.807, 2.05) is 0 Å². The highest BCUT2D eigenvalue weighted by Crippen LogP contribution is 2.28. The zero-order chi connectivity index (χ0) is 15.7. The van der Waals surface area contributed by atoms with Crippen LogP contribution in [0.4, 0.5) is 22.0 Å². The van der Waals surface area contributed by atoms with Crippen LogP contribution in [0, 0.1) is 29.1 Å². The maximum absolute atomic E-state index is 13.6. The third-order valence-corrected chi connectivity index (χ3v) is 2.79. The number of carbonyl (C=O) groups excluding carboxylic acids is 1. The number of benzene rings is 2. The van der Waals surface area contributed by atoms with Crippen molar-refractivity contribution in [2.75, 3.05) is 7.11 Å². The highest BCUT2D eigenvalue weighted by atomic mass is 19.2. The summed E-state index contributed by atoms with van der Waals surface area (Å²) in [6.45, 7) is 0. The first-order valence-corrected chi connectivity index (χ1v) is 5.59. The molecule has 2 aromatic rings. The molecular weight excluding hydrogens is 295 g/mol. The fraction of sp³-hybridized carbons (Fsp3) is 0.0714. The fourth-order valence-corrected chi connectivity index (χ4v) is 1.77. The summed E-state index contributed by atoms with van der Waals surface area (Å²) in [5, 5.41) is 0. The molecule has 0 spiro atoms. The Hall–Kier alpha value is -2.44. The Morgan fingerprint density at radius 1 is 0.857 bits per heavy atom. The molecule has 2 aromatic carbocycles. The monoisotopic (exact) mass is 302 g/mol. The molecule has 0 unspecified atom stereocenters. The third-order valence-electron chi connectivity index (χ3n) is 2.79. The number of ketones is 1. The van der Waals surface area contributed by atoms with Crippen LogP contribution in [-0.2, 0) is 0 Å². The minimum Gasteiger partial charge on any atom is -0.496 e. The minimum absolute atomic E-state index is 0.0496. The van der Waals surface area contributed by atoms with E-state index in [0.717, 1.165) is 6.07 Å². The number of ether oxygens (including phenoxy) is 1. The maximum atomic E-state index is 13.6. The number of carbonyl (C=O) groups is 1. The van der Waals surface area contributed by atoms with E-state index >= 15 is 0 Å². The predicted octanol–water partition coefficient (Wildman–Crippen LogP) is 3.62. The third kappa shape index (κ3) is 2.35. The van der Waals surface area contributed by atoms with Crippen LogP contribution in [0.2, 0.25) is 0 Å². The van der Waals surface area contributed by atoms with Gasteiger partial charge in [-0.2, -0.15) is 0 Å². The van der Waals surface area contributed by atoms with Gasteiger partial charge in [-0.3, -0.25) is 4.79 Å². The SMILES string of the molecule is COc1ccccc1C(=O)c1c(F)c(F)c(F)c(F)c1F. The molecule has 2 nitrogen and oxygen atoms in total. The van der Waals surface area contributed by atoms with Crippen molar-refractivity contribution in [3.8, 4) is 5.75 Å². The van der Waals surface area contributed by atoms with Gasteiger partial charge in [0.1, 0.15) is 11.3 Å². The summed E-state index contributed by atoms with van der Waals surface area (Å²) < 4.78 is 71.2. The summed E-state index contributed by atoms with van der Waals surface area (Å²) >= 11 is 0. The number of rotatable bonds is 3. The highest BCUT2D eigenvalue weighted by molar-refractivity contribution is 6.11. The van der Waals surface area contributed by atoms with Crippen molar-refractivity contribution < 1.29 is 31.5 Å². The van der Waals surface area contributed by atoms with E-state index in [1.165, 1.54) is 25.3 Å². The van der Waals surface area contributed by atoms with Crippen molar-refractivity contribution in [3.63, 3.8) is 0 Å². The van der Waals surface area contributed by atoms with E-state index < -0.39 is 40.4 Å². The Balaban J connectivity index is 2.70. The second kappa shape index (κ2) is 5.51. The lowest BCUT2D eigenvalue weighted by atomic mass is 10.0. The zero-order valence-electron chi connectivity index (χ0n) is 10.5. The van der Waals surface area contributed by atoms with E-state index in [-0.39, 0.29) is 11.3 Å². The standard InChI is InChI=1S/C14H7F5O2/c1-21-7-5-3-2-4-6(7)14(20)8-9(15)11(17)13(19)12(18)10(8)16/h2-5H,1H3. The Morgan fingerprint density at radius 3 is 1.86 bits per heavy atom. The second-order valence-electron chi connectivity index (χ2n) is 3.97. The molecule has 0 heterocycles. The quantitative estimate of drug-likeness (QED) is 0.375. The predicted molar refractivity (Wildman–Crippen MR) is 62.7 cm³/mol. The lowest BCUT2D eigenvalue weighted by Crippen LogP contribution is -2.14. The van der Waals surface area contributed by atoms with Crippen molar-refractivity contribution in [1.29, 1.82) is 0 Å².